The number of hydrogen-bond donors (Lipinski definition) is 0. The number of aromatic nitrogens is 3. The van der Waals surface area contributed by atoms with Crippen molar-refractivity contribution in [2.75, 3.05) is 13.1 Å². The normalized spacial score (nSPS) is 18.9. The summed E-state index contributed by atoms with van der Waals surface area (Å²) in [5.41, 5.74) is 1.45. The van der Waals surface area contributed by atoms with Crippen LogP contribution in [0.2, 0.25) is 0 Å². The van der Waals surface area contributed by atoms with Gasteiger partial charge in [0.25, 0.3) is 0 Å². The Morgan fingerprint density at radius 3 is 2.73 bits per heavy atom. The first-order chi connectivity index (χ1) is 10.7. The van der Waals surface area contributed by atoms with Crippen LogP contribution < -0.4 is 0 Å². The van der Waals surface area contributed by atoms with Gasteiger partial charge in [0.15, 0.2) is 0 Å². The van der Waals surface area contributed by atoms with E-state index < -0.39 is 0 Å². The highest BCUT2D eigenvalue weighted by molar-refractivity contribution is 5.14. The Labute approximate surface area is 133 Å². The SMILES string of the molecule is Cc1nc(C)n(C[C@H]2CCCN2CCCc2ccccc2)n1. The monoisotopic (exact) mass is 298 g/mol. The Morgan fingerprint density at radius 1 is 1.18 bits per heavy atom. The van der Waals surface area contributed by atoms with Crippen LogP contribution in [0.15, 0.2) is 30.3 Å². The fourth-order valence-electron chi connectivity index (χ4n) is 3.46. The van der Waals surface area contributed by atoms with Gasteiger partial charge in [-0.1, -0.05) is 30.3 Å². The van der Waals surface area contributed by atoms with Crippen molar-refractivity contribution in [3.63, 3.8) is 0 Å². The van der Waals surface area contributed by atoms with Crippen LogP contribution in [-0.2, 0) is 13.0 Å². The summed E-state index contributed by atoms with van der Waals surface area (Å²) in [5, 5.41) is 4.51. The lowest BCUT2D eigenvalue weighted by Gasteiger charge is -2.24. The van der Waals surface area contributed by atoms with Crippen molar-refractivity contribution in [3.8, 4) is 0 Å². The van der Waals surface area contributed by atoms with Crippen LogP contribution >= 0.6 is 0 Å². The quantitative estimate of drug-likeness (QED) is 0.822. The topological polar surface area (TPSA) is 34.0 Å². The average Bonchev–Trinajstić information content (AvgIpc) is 3.07. The first-order valence-electron chi connectivity index (χ1n) is 8.38. The van der Waals surface area contributed by atoms with Gasteiger partial charge in [0.2, 0.25) is 0 Å². The lowest BCUT2D eigenvalue weighted by atomic mass is 10.1. The van der Waals surface area contributed by atoms with E-state index in [0.29, 0.717) is 6.04 Å². The number of benzene rings is 1. The van der Waals surface area contributed by atoms with Crippen molar-refractivity contribution < 1.29 is 0 Å². The molecule has 0 N–H and O–H groups in total. The van der Waals surface area contributed by atoms with Crippen LogP contribution in [0, 0.1) is 13.8 Å². The Bertz CT molecular complexity index is 590. The van der Waals surface area contributed by atoms with Gasteiger partial charge in [-0.15, -0.1) is 0 Å². The zero-order valence-electron chi connectivity index (χ0n) is 13.7. The van der Waals surface area contributed by atoms with E-state index in [9.17, 15) is 0 Å². The van der Waals surface area contributed by atoms with Crippen molar-refractivity contribution in [2.45, 2.75) is 52.1 Å². The first kappa shape index (κ1) is 15.2. The molecule has 1 fully saturated rings. The predicted molar refractivity (Wildman–Crippen MR) is 88.9 cm³/mol. The maximum Gasteiger partial charge on any atom is 0.147 e. The van der Waals surface area contributed by atoms with Gasteiger partial charge in [0.1, 0.15) is 11.6 Å². The molecule has 1 saturated heterocycles. The van der Waals surface area contributed by atoms with Crippen LogP contribution in [0.25, 0.3) is 0 Å². The fourth-order valence-corrected chi connectivity index (χ4v) is 3.46. The van der Waals surface area contributed by atoms with Crippen LogP contribution in [-0.4, -0.2) is 38.8 Å². The summed E-state index contributed by atoms with van der Waals surface area (Å²) in [6.45, 7) is 7.42. The molecule has 0 amide bonds. The molecule has 0 radical (unpaired) electrons. The largest absolute Gasteiger partial charge is 0.299 e. The van der Waals surface area contributed by atoms with Gasteiger partial charge in [0.05, 0.1) is 6.54 Å². The molecule has 0 bridgehead atoms. The van der Waals surface area contributed by atoms with E-state index in [1.54, 1.807) is 0 Å². The maximum atomic E-state index is 4.51. The summed E-state index contributed by atoms with van der Waals surface area (Å²) in [6, 6.07) is 11.4. The van der Waals surface area contributed by atoms with Crippen LogP contribution in [0.4, 0.5) is 0 Å². The van der Waals surface area contributed by atoms with E-state index in [-0.39, 0.29) is 0 Å². The summed E-state index contributed by atoms with van der Waals surface area (Å²) < 4.78 is 2.08. The summed E-state index contributed by atoms with van der Waals surface area (Å²) in [7, 11) is 0. The van der Waals surface area contributed by atoms with Crippen molar-refractivity contribution >= 4 is 0 Å². The van der Waals surface area contributed by atoms with E-state index >= 15 is 0 Å². The van der Waals surface area contributed by atoms with Crippen molar-refractivity contribution in [2.24, 2.45) is 0 Å². The molecule has 1 aliphatic rings. The molecule has 1 aromatic heterocycles. The van der Waals surface area contributed by atoms with Crippen molar-refractivity contribution in [3.05, 3.63) is 47.5 Å². The van der Waals surface area contributed by atoms with E-state index in [1.165, 1.54) is 44.3 Å². The molecular formula is C18H26N4. The van der Waals surface area contributed by atoms with Crippen LogP contribution in [0.5, 0.6) is 0 Å². The number of hydrogen-bond acceptors (Lipinski definition) is 3. The smallest absolute Gasteiger partial charge is 0.147 e. The maximum absolute atomic E-state index is 4.51. The van der Waals surface area contributed by atoms with E-state index in [2.05, 4.69) is 56.9 Å². The predicted octanol–water partition coefficient (Wildman–Crippen LogP) is 2.99. The van der Waals surface area contributed by atoms with E-state index in [1.807, 2.05) is 6.92 Å². The minimum atomic E-state index is 0.621. The molecule has 0 saturated carbocycles. The molecule has 1 aromatic carbocycles. The second-order valence-electron chi connectivity index (χ2n) is 6.31. The average molecular weight is 298 g/mol. The molecule has 22 heavy (non-hydrogen) atoms. The summed E-state index contributed by atoms with van der Waals surface area (Å²) >= 11 is 0. The number of aryl methyl sites for hydroxylation is 3. The standard InChI is InChI=1S/C18H26N4/c1-15-19-16(2)22(20-15)14-18-11-7-13-21(18)12-6-10-17-8-4-3-5-9-17/h3-5,8-9,18H,6-7,10-14H2,1-2H3/t18-/m1/s1. The van der Waals surface area contributed by atoms with E-state index in [0.717, 1.165) is 18.2 Å². The Hall–Kier alpha value is -1.68. The zero-order valence-corrected chi connectivity index (χ0v) is 13.7. The molecule has 2 heterocycles. The second-order valence-corrected chi connectivity index (χ2v) is 6.31. The van der Waals surface area contributed by atoms with Gasteiger partial charge < -0.3 is 0 Å². The number of rotatable bonds is 6. The van der Waals surface area contributed by atoms with Gasteiger partial charge in [0, 0.05) is 6.04 Å². The summed E-state index contributed by atoms with van der Waals surface area (Å²) in [4.78, 5) is 7.05. The fraction of sp³-hybridized carbons (Fsp3) is 0.556. The van der Waals surface area contributed by atoms with Crippen LogP contribution in [0.3, 0.4) is 0 Å². The highest BCUT2D eigenvalue weighted by Crippen LogP contribution is 2.20. The van der Waals surface area contributed by atoms with Crippen molar-refractivity contribution in [1.29, 1.82) is 0 Å². The summed E-state index contributed by atoms with van der Waals surface area (Å²) in [5.74, 6) is 1.92. The molecule has 4 nitrogen and oxygen atoms in total. The molecule has 3 rings (SSSR count). The Morgan fingerprint density at radius 2 is 2.00 bits per heavy atom. The Balaban J connectivity index is 1.51. The van der Waals surface area contributed by atoms with Gasteiger partial charge in [-0.05, 0) is 58.2 Å². The van der Waals surface area contributed by atoms with Gasteiger partial charge in [-0.3, -0.25) is 4.90 Å². The third-order valence-corrected chi connectivity index (χ3v) is 4.60. The highest BCUT2D eigenvalue weighted by Gasteiger charge is 2.25. The summed E-state index contributed by atoms with van der Waals surface area (Å²) in [6.07, 6.45) is 4.99. The number of nitrogens with zero attached hydrogens (tertiary/aromatic N) is 4. The first-order valence-corrected chi connectivity index (χ1v) is 8.38. The van der Waals surface area contributed by atoms with E-state index in [4.69, 9.17) is 0 Å². The lowest BCUT2D eigenvalue weighted by Crippen LogP contribution is -2.34. The molecule has 0 unspecified atom stereocenters. The highest BCUT2D eigenvalue weighted by atomic mass is 15.4. The minimum absolute atomic E-state index is 0.621. The molecule has 1 atom stereocenters. The van der Waals surface area contributed by atoms with Gasteiger partial charge in [-0.2, -0.15) is 5.10 Å². The molecule has 1 aliphatic heterocycles. The molecule has 0 aliphatic carbocycles. The van der Waals surface area contributed by atoms with Crippen molar-refractivity contribution in [1.82, 2.24) is 19.7 Å². The molecule has 4 heteroatoms. The van der Waals surface area contributed by atoms with Gasteiger partial charge in [-0.25, -0.2) is 9.67 Å². The van der Waals surface area contributed by atoms with Crippen LogP contribution in [0.1, 0.15) is 36.5 Å². The Kier molecular flexibility index (Phi) is 4.88. The molecule has 2 aromatic rings. The number of likely N-dealkylation sites (tertiary alicyclic amines) is 1. The second kappa shape index (κ2) is 7.05. The zero-order chi connectivity index (χ0) is 15.4. The lowest BCUT2D eigenvalue weighted by molar-refractivity contribution is 0.223. The molecule has 0 spiro atoms. The third kappa shape index (κ3) is 3.74. The third-order valence-electron chi connectivity index (χ3n) is 4.60. The van der Waals surface area contributed by atoms with Gasteiger partial charge >= 0.3 is 0 Å². The minimum Gasteiger partial charge on any atom is -0.299 e. The molecule has 118 valence electrons. The molecular weight excluding hydrogens is 272 g/mol.